The third kappa shape index (κ3) is 3.59. The van der Waals surface area contributed by atoms with Gasteiger partial charge in [-0.1, -0.05) is 11.6 Å². The molecule has 1 amide bonds. The zero-order valence-electron chi connectivity index (χ0n) is 11.7. The molecular weight excluding hydrogens is 292 g/mol. The molecule has 0 atom stereocenters. The number of aromatic nitrogens is 3. The highest BCUT2D eigenvalue weighted by Gasteiger charge is 2.19. The fourth-order valence-corrected chi connectivity index (χ4v) is 2.22. The van der Waals surface area contributed by atoms with E-state index in [9.17, 15) is 4.79 Å². The molecule has 112 valence electrons. The SMILES string of the molecule is CCN(C(=O)CCCO)c1cn(-c2cccnc2)nc1Cl. The summed E-state index contributed by atoms with van der Waals surface area (Å²) in [6.07, 6.45) is 5.76. The number of halogens is 1. The van der Waals surface area contributed by atoms with Crippen LogP contribution >= 0.6 is 11.6 Å². The van der Waals surface area contributed by atoms with Gasteiger partial charge in [0.25, 0.3) is 0 Å². The van der Waals surface area contributed by atoms with Gasteiger partial charge in [-0.25, -0.2) is 4.68 Å². The Hall–Kier alpha value is -1.92. The van der Waals surface area contributed by atoms with Gasteiger partial charge in [0.2, 0.25) is 5.91 Å². The first-order valence-electron chi connectivity index (χ1n) is 6.74. The van der Waals surface area contributed by atoms with Crippen LogP contribution in [-0.4, -0.2) is 38.9 Å². The third-order valence-corrected chi connectivity index (χ3v) is 3.29. The minimum Gasteiger partial charge on any atom is -0.396 e. The van der Waals surface area contributed by atoms with Crippen LogP contribution in [0.4, 0.5) is 5.69 Å². The van der Waals surface area contributed by atoms with Crippen molar-refractivity contribution in [2.24, 2.45) is 0 Å². The smallest absolute Gasteiger partial charge is 0.227 e. The molecule has 2 rings (SSSR count). The van der Waals surface area contributed by atoms with Crippen molar-refractivity contribution in [3.8, 4) is 5.69 Å². The Labute approximate surface area is 128 Å². The second-order valence-corrected chi connectivity index (χ2v) is 4.78. The Morgan fingerprint density at radius 3 is 2.95 bits per heavy atom. The van der Waals surface area contributed by atoms with Crippen LogP contribution in [-0.2, 0) is 4.79 Å². The standard InChI is InChI=1S/C14H17ClN4O2/c1-2-18(13(21)6-4-8-20)12-10-19(17-14(12)15)11-5-3-7-16-9-11/h3,5,7,9-10,20H,2,4,6,8H2,1H3. The van der Waals surface area contributed by atoms with Crippen molar-refractivity contribution in [2.75, 3.05) is 18.1 Å². The molecule has 7 heteroatoms. The molecule has 21 heavy (non-hydrogen) atoms. The van der Waals surface area contributed by atoms with E-state index in [0.717, 1.165) is 5.69 Å². The molecule has 2 aromatic rings. The molecule has 0 fully saturated rings. The van der Waals surface area contributed by atoms with E-state index in [1.54, 1.807) is 34.2 Å². The van der Waals surface area contributed by atoms with E-state index < -0.39 is 0 Å². The molecule has 6 nitrogen and oxygen atoms in total. The number of pyridine rings is 1. The lowest BCUT2D eigenvalue weighted by atomic mass is 10.2. The second-order valence-electron chi connectivity index (χ2n) is 4.43. The summed E-state index contributed by atoms with van der Waals surface area (Å²) < 4.78 is 1.59. The highest BCUT2D eigenvalue weighted by atomic mass is 35.5. The number of carbonyl (C=O) groups is 1. The summed E-state index contributed by atoms with van der Waals surface area (Å²) in [7, 11) is 0. The summed E-state index contributed by atoms with van der Waals surface area (Å²) in [5, 5.41) is 13.3. The Morgan fingerprint density at radius 2 is 2.33 bits per heavy atom. The number of carbonyl (C=O) groups excluding carboxylic acids is 1. The Bertz CT molecular complexity index is 600. The van der Waals surface area contributed by atoms with Crippen molar-refractivity contribution < 1.29 is 9.90 Å². The maximum atomic E-state index is 12.1. The van der Waals surface area contributed by atoms with Crippen molar-refractivity contribution in [1.29, 1.82) is 0 Å². The van der Waals surface area contributed by atoms with Gasteiger partial charge >= 0.3 is 0 Å². The number of rotatable bonds is 6. The predicted molar refractivity (Wildman–Crippen MR) is 80.7 cm³/mol. The third-order valence-electron chi connectivity index (χ3n) is 3.02. The van der Waals surface area contributed by atoms with Crippen molar-refractivity contribution >= 4 is 23.2 Å². The first-order chi connectivity index (χ1) is 10.2. The van der Waals surface area contributed by atoms with Crippen LogP contribution in [0.25, 0.3) is 5.69 Å². The molecule has 0 bridgehead atoms. The lowest BCUT2D eigenvalue weighted by molar-refractivity contribution is -0.118. The van der Waals surface area contributed by atoms with E-state index in [1.165, 1.54) is 0 Å². The predicted octanol–water partition coefficient (Wildman–Crippen LogP) is 2.05. The summed E-state index contributed by atoms with van der Waals surface area (Å²) in [4.78, 5) is 17.7. The summed E-state index contributed by atoms with van der Waals surface area (Å²) in [6.45, 7) is 2.35. The topological polar surface area (TPSA) is 71.2 Å². The van der Waals surface area contributed by atoms with Gasteiger partial charge in [0.1, 0.15) is 5.69 Å². The fourth-order valence-electron chi connectivity index (χ4n) is 1.99. The molecule has 0 spiro atoms. The van der Waals surface area contributed by atoms with Crippen LogP contribution < -0.4 is 4.90 Å². The minimum absolute atomic E-state index is 0.00796. The van der Waals surface area contributed by atoms with Crippen LogP contribution in [0.15, 0.2) is 30.7 Å². The van der Waals surface area contributed by atoms with Gasteiger partial charge in [0.15, 0.2) is 5.15 Å². The average molecular weight is 309 g/mol. The van der Waals surface area contributed by atoms with E-state index in [0.29, 0.717) is 18.7 Å². The quantitative estimate of drug-likeness (QED) is 0.886. The molecule has 1 N–H and O–H groups in total. The number of nitrogens with zero attached hydrogens (tertiary/aromatic N) is 4. The molecule has 0 aliphatic heterocycles. The number of hydrogen-bond donors (Lipinski definition) is 1. The lowest BCUT2D eigenvalue weighted by Crippen LogP contribution is -2.30. The van der Waals surface area contributed by atoms with Crippen molar-refractivity contribution in [3.05, 3.63) is 35.9 Å². The fraction of sp³-hybridized carbons (Fsp3) is 0.357. The van der Waals surface area contributed by atoms with Crippen LogP contribution in [0.3, 0.4) is 0 Å². The first-order valence-corrected chi connectivity index (χ1v) is 7.12. The van der Waals surface area contributed by atoms with Gasteiger partial charge in [0.05, 0.1) is 18.1 Å². The zero-order valence-corrected chi connectivity index (χ0v) is 12.5. The molecule has 0 saturated heterocycles. The first kappa shape index (κ1) is 15.5. The number of amides is 1. The normalized spacial score (nSPS) is 10.6. The van der Waals surface area contributed by atoms with Crippen molar-refractivity contribution in [3.63, 3.8) is 0 Å². The van der Waals surface area contributed by atoms with E-state index >= 15 is 0 Å². The highest BCUT2D eigenvalue weighted by Crippen LogP contribution is 2.26. The van der Waals surface area contributed by atoms with Crippen LogP contribution in [0.5, 0.6) is 0 Å². The molecule has 0 unspecified atom stereocenters. The van der Waals surface area contributed by atoms with Gasteiger partial charge in [-0.15, -0.1) is 0 Å². The summed E-state index contributed by atoms with van der Waals surface area (Å²) in [5.74, 6) is -0.0841. The van der Waals surface area contributed by atoms with Gasteiger partial charge in [-0.3, -0.25) is 9.78 Å². The molecule has 0 aromatic carbocycles. The molecule has 2 aromatic heterocycles. The second kappa shape index (κ2) is 7.19. The van der Waals surface area contributed by atoms with Crippen LogP contribution in [0.2, 0.25) is 5.15 Å². The van der Waals surface area contributed by atoms with Crippen LogP contribution in [0.1, 0.15) is 19.8 Å². The Kier molecular flexibility index (Phi) is 5.30. The van der Waals surface area contributed by atoms with Gasteiger partial charge in [0, 0.05) is 25.8 Å². The zero-order chi connectivity index (χ0) is 15.2. The summed E-state index contributed by atoms with van der Waals surface area (Å²) in [5.41, 5.74) is 1.33. The number of anilines is 1. The van der Waals surface area contributed by atoms with Gasteiger partial charge < -0.3 is 10.0 Å². The maximum Gasteiger partial charge on any atom is 0.227 e. The molecule has 2 heterocycles. The monoisotopic (exact) mass is 308 g/mol. The molecule has 0 saturated carbocycles. The van der Waals surface area contributed by atoms with Crippen molar-refractivity contribution in [1.82, 2.24) is 14.8 Å². The molecule has 0 aliphatic rings. The Morgan fingerprint density at radius 1 is 1.52 bits per heavy atom. The summed E-state index contributed by atoms with van der Waals surface area (Å²) in [6, 6.07) is 3.65. The number of aliphatic hydroxyl groups is 1. The van der Waals surface area contributed by atoms with Crippen LogP contribution in [0, 0.1) is 0 Å². The molecule has 0 radical (unpaired) electrons. The Balaban J connectivity index is 2.27. The van der Waals surface area contributed by atoms with E-state index in [4.69, 9.17) is 16.7 Å². The lowest BCUT2D eigenvalue weighted by Gasteiger charge is -2.19. The van der Waals surface area contributed by atoms with E-state index in [-0.39, 0.29) is 24.1 Å². The maximum absolute atomic E-state index is 12.1. The number of hydrogen-bond acceptors (Lipinski definition) is 4. The van der Waals surface area contributed by atoms with Crippen molar-refractivity contribution in [2.45, 2.75) is 19.8 Å². The molecule has 0 aliphatic carbocycles. The van der Waals surface area contributed by atoms with Gasteiger partial charge in [-0.2, -0.15) is 5.10 Å². The molecular formula is C14H17ClN4O2. The minimum atomic E-state index is -0.0841. The largest absolute Gasteiger partial charge is 0.396 e. The van der Waals surface area contributed by atoms with E-state index in [2.05, 4.69) is 10.1 Å². The summed E-state index contributed by atoms with van der Waals surface area (Å²) >= 11 is 6.15. The van der Waals surface area contributed by atoms with E-state index in [1.807, 2.05) is 13.0 Å². The average Bonchev–Trinajstić information content (AvgIpc) is 2.89. The number of aliphatic hydroxyl groups excluding tert-OH is 1. The van der Waals surface area contributed by atoms with Gasteiger partial charge in [-0.05, 0) is 25.5 Å². The highest BCUT2D eigenvalue weighted by molar-refractivity contribution is 6.32.